The Bertz CT molecular complexity index is 424. The molecule has 0 bridgehead atoms. The second-order valence-electron chi connectivity index (χ2n) is 7.01. The van der Waals surface area contributed by atoms with Crippen molar-refractivity contribution in [1.29, 1.82) is 0 Å². The Kier molecular flexibility index (Phi) is 5.61. The van der Waals surface area contributed by atoms with E-state index in [1.165, 1.54) is 30.6 Å². The van der Waals surface area contributed by atoms with Crippen molar-refractivity contribution in [3.8, 4) is 0 Å². The lowest BCUT2D eigenvalue weighted by atomic mass is 9.68. The summed E-state index contributed by atoms with van der Waals surface area (Å²) in [5.41, 5.74) is 0.454. The number of halogens is 2. The minimum Gasteiger partial charge on any atom is -0.312 e. The minimum absolute atomic E-state index is 0.449. The number of hydrogen-bond donors (Lipinski definition) is 1. The Balaban J connectivity index is 2.04. The summed E-state index contributed by atoms with van der Waals surface area (Å²) in [6.45, 7) is 7.14. The van der Waals surface area contributed by atoms with Gasteiger partial charge in [-0.3, -0.25) is 0 Å². The van der Waals surface area contributed by atoms with Crippen molar-refractivity contribution in [2.75, 3.05) is 7.05 Å². The van der Waals surface area contributed by atoms with Gasteiger partial charge in [0.15, 0.2) is 0 Å². The maximum atomic E-state index is 6.19. The van der Waals surface area contributed by atoms with E-state index in [4.69, 9.17) is 11.6 Å². The maximum absolute atomic E-state index is 6.19. The monoisotopic (exact) mass is 377 g/mol. The van der Waals surface area contributed by atoms with Crippen molar-refractivity contribution in [2.24, 2.45) is 17.3 Å². The summed E-state index contributed by atoms with van der Waals surface area (Å²) in [5, 5.41) is 4.35. The predicted octanol–water partition coefficient (Wildman–Crippen LogP) is 6.28. The third-order valence-corrected chi connectivity index (χ3v) is 7.31. The van der Waals surface area contributed by atoms with Gasteiger partial charge in [-0.2, -0.15) is 0 Å². The normalized spacial score (nSPS) is 25.7. The highest BCUT2D eigenvalue weighted by atomic mass is 79.9. The molecule has 1 heterocycles. The Hall–Kier alpha value is 0.430. The highest BCUT2D eigenvalue weighted by Gasteiger charge is 2.33. The molecule has 1 N–H and O–H groups in total. The Labute approximate surface area is 140 Å². The molecule has 0 aromatic carbocycles. The molecule has 20 heavy (non-hydrogen) atoms. The summed E-state index contributed by atoms with van der Waals surface area (Å²) in [4.78, 5) is 1.36. The zero-order valence-corrected chi connectivity index (χ0v) is 16.0. The van der Waals surface area contributed by atoms with E-state index in [0.717, 1.165) is 20.6 Å². The molecule has 1 aliphatic carbocycles. The van der Waals surface area contributed by atoms with Crippen molar-refractivity contribution >= 4 is 38.9 Å². The first-order valence-electron chi connectivity index (χ1n) is 7.45. The van der Waals surface area contributed by atoms with Crippen LogP contribution in [0.5, 0.6) is 0 Å². The lowest BCUT2D eigenvalue weighted by Gasteiger charge is -2.39. The van der Waals surface area contributed by atoms with Crippen molar-refractivity contribution in [2.45, 2.75) is 52.5 Å². The molecule has 0 spiro atoms. The fraction of sp³-hybridized carbons (Fsp3) is 0.750. The van der Waals surface area contributed by atoms with E-state index in [-0.39, 0.29) is 0 Å². The van der Waals surface area contributed by atoms with E-state index >= 15 is 0 Å². The van der Waals surface area contributed by atoms with Crippen molar-refractivity contribution < 1.29 is 0 Å². The van der Waals surface area contributed by atoms with E-state index in [2.05, 4.69) is 55.1 Å². The summed E-state index contributed by atoms with van der Waals surface area (Å²) in [7, 11) is 2.07. The molecule has 1 nitrogen and oxygen atoms in total. The zero-order chi connectivity index (χ0) is 14.9. The Morgan fingerprint density at radius 3 is 2.30 bits per heavy atom. The summed E-state index contributed by atoms with van der Waals surface area (Å²) in [6.07, 6.45) is 5.35. The average molecular weight is 379 g/mol. The lowest BCUT2D eigenvalue weighted by Crippen LogP contribution is -2.31. The predicted molar refractivity (Wildman–Crippen MR) is 93.7 cm³/mol. The third-order valence-electron chi connectivity index (χ3n) is 4.75. The SMILES string of the molecule is CNC(c1cc(Cl)c(Br)s1)C1CCC(C(C)(C)C)CC1. The summed E-state index contributed by atoms with van der Waals surface area (Å²) < 4.78 is 1.05. The first kappa shape index (κ1) is 16.8. The molecule has 1 aliphatic rings. The van der Waals surface area contributed by atoms with Gasteiger partial charge in [0.05, 0.1) is 8.81 Å². The quantitative estimate of drug-likeness (QED) is 0.653. The van der Waals surface area contributed by atoms with Gasteiger partial charge in [0.25, 0.3) is 0 Å². The summed E-state index contributed by atoms with van der Waals surface area (Å²) >= 11 is 11.5. The van der Waals surface area contributed by atoms with Crippen LogP contribution in [0, 0.1) is 17.3 Å². The van der Waals surface area contributed by atoms with Gasteiger partial charge in [0, 0.05) is 10.9 Å². The highest BCUT2D eigenvalue weighted by molar-refractivity contribution is 9.11. The molecule has 1 saturated carbocycles. The number of nitrogens with one attached hydrogen (secondary N) is 1. The number of rotatable bonds is 3. The first-order valence-corrected chi connectivity index (χ1v) is 9.43. The van der Waals surface area contributed by atoms with Crippen LogP contribution in [0.25, 0.3) is 0 Å². The van der Waals surface area contributed by atoms with Gasteiger partial charge in [0.2, 0.25) is 0 Å². The van der Waals surface area contributed by atoms with E-state index < -0.39 is 0 Å². The topological polar surface area (TPSA) is 12.0 Å². The molecule has 1 aromatic heterocycles. The largest absolute Gasteiger partial charge is 0.312 e. The Morgan fingerprint density at radius 2 is 1.90 bits per heavy atom. The molecular formula is C16H25BrClNS. The average Bonchev–Trinajstić information content (AvgIpc) is 2.70. The Morgan fingerprint density at radius 1 is 1.30 bits per heavy atom. The van der Waals surface area contributed by atoms with Crippen molar-refractivity contribution in [3.63, 3.8) is 0 Å². The second-order valence-corrected chi connectivity index (χ2v) is 9.82. The second kappa shape index (κ2) is 6.68. The lowest BCUT2D eigenvalue weighted by molar-refractivity contribution is 0.135. The van der Waals surface area contributed by atoms with E-state index in [1.807, 2.05) is 0 Å². The van der Waals surface area contributed by atoms with Crippen LogP contribution in [0.1, 0.15) is 57.4 Å². The van der Waals surface area contributed by atoms with Crippen LogP contribution in [0.4, 0.5) is 0 Å². The number of hydrogen-bond acceptors (Lipinski definition) is 2. The van der Waals surface area contributed by atoms with Crippen LogP contribution in [-0.4, -0.2) is 7.05 Å². The molecule has 1 fully saturated rings. The zero-order valence-electron chi connectivity index (χ0n) is 12.8. The highest BCUT2D eigenvalue weighted by Crippen LogP contribution is 2.45. The van der Waals surface area contributed by atoms with Gasteiger partial charge in [0.1, 0.15) is 0 Å². The van der Waals surface area contributed by atoms with E-state index in [0.29, 0.717) is 11.5 Å². The van der Waals surface area contributed by atoms with E-state index in [1.54, 1.807) is 11.3 Å². The smallest absolute Gasteiger partial charge is 0.0887 e. The van der Waals surface area contributed by atoms with Gasteiger partial charge < -0.3 is 5.32 Å². The molecule has 1 unspecified atom stereocenters. The minimum atomic E-state index is 0.449. The van der Waals surface area contributed by atoms with Crippen molar-refractivity contribution in [3.05, 3.63) is 19.8 Å². The summed E-state index contributed by atoms with van der Waals surface area (Å²) in [5.74, 6) is 1.61. The molecule has 0 saturated heterocycles. The van der Waals surface area contributed by atoms with Crippen molar-refractivity contribution in [1.82, 2.24) is 5.32 Å². The first-order chi connectivity index (χ1) is 9.32. The molecule has 1 aromatic rings. The molecule has 1 atom stereocenters. The van der Waals surface area contributed by atoms with Crippen LogP contribution in [-0.2, 0) is 0 Å². The molecular weight excluding hydrogens is 354 g/mol. The summed E-state index contributed by atoms with van der Waals surface area (Å²) in [6, 6.07) is 2.57. The van der Waals surface area contributed by atoms with Crippen LogP contribution >= 0.6 is 38.9 Å². The maximum Gasteiger partial charge on any atom is 0.0887 e. The van der Waals surface area contributed by atoms with Crippen LogP contribution in [0.2, 0.25) is 5.02 Å². The van der Waals surface area contributed by atoms with Gasteiger partial charge in [-0.05, 0) is 72.0 Å². The molecule has 0 aliphatic heterocycles. The van der Waals surface area contributed by atoms with Crippen LogP contribution in [0.3, 0.4) is 0 Å². The molecule has 0 amide bonds. The van der Waals surface area contributed by atoms with Gasteiger partial charge in [-0.15, -0.1) is 11.3 Å². The standard InChI is InChI=1S/C16H25BrClNS/c1-16(2,3)11-7-5-10(6-8-11)14(19-4)13-9-12(18)15(17)20-13/h9-11,14,19H,5-8H2,1-4H3. The number of thiophene rings is 1. The molecule has 0 radical (unpaired) electrons. The van der Waals surface area contributed by atoms with Crippen LogP contribution in [0.15, 0.2) is 9.85 Å². The third kappa shape index (κ3) is 3.79. The fourth-order valence-corrected chi connectivity index (χ4v) is 5.40. The molecule has 114 valence electrons. The molecule has 2 rings (SSSR count). The van der Waals surface area contributed by atoms with E-state index in [9.17, 15) is 0 Å². The van der Waals surface area contributed by atoms with Gasteiger partial charge >= 0.3 is 0 Å². The van der Waals surface area contributed by atoms with Crippen LogP contribution < -0.4 is 5.32 Å². The molecule has 4 heteroatoms. The fourth-order valence-electron chi connectivity index (χ4n) is 3.45. The van der Waals surface area contributed by atoms with Gasteiger partial charge in [-0.1, -0.05) is 32.4 Å². The van der Waals surface area contributed by atoms with Gasteiger partial charge in [-0.25, -0.2) is 0 Å².